The van der Waals surface area contributed by atoms with Crippen molar-refractivity contribution in [1.82, 2.24) is 10.6 Å². The van der Waals surface area contributed by atoms with Gasteiger partial charge in [-0.2, -0.15) is 0 Å². The molecule has 1 aliphatic heterocycles. The fraction of sp³-hybridized carbons (Fsp3) is 0.455. The molecule has 16 heavy (non-hydrogen) atoms. The lowest BCUT2D eigenvalue weighted by Crippen LogP contribution is -2.45. The van der Waals surface area contributed by atoms with Crippen molar-refractivity contribution in [1.29, 1.82) is 0 Å². The predicted octanol–water partition coefficient (Wildman–Crippen LogP) is 1.08. The average Bonchev–Trinajstić information content (AvgIpc) is 2.29. The molecule has 5 heteroatoms. The van der Waals surface area contributed by atoms with E-state index in [1.807, 2.05) is 0 Å². The maximum Gasteiger partial charge on any atom is 0.408 e. The van der Waals surface area contributed by atoms with Gasteiger partial charge in [-0.05, 0) is 26.8 Å². The van der Waals surface area contributed by atoms with Crippen LogP contribution in [0.2, 0.25) is 0 Å². The van der Waals surface area contributed by atoms with Crippen molar-refractivity contribution in [3.63, 3.8) is 0 Å². The molecule has 0 fully saturated rings. The molecule has 88 valence electrons. The largest absolute Gasteiger partial charge is 0.444 e. The van der Waals surface area contributed by atoms with Crippen molar-refractivity contribution in [3.05, 3.63) is 24.4 Å². The second kappa shape index (κ2) is 4.83. The lowest BCUT2D eigenvalue weighted by atomic mass is 10.2. The zero-order valence-electron chi connectivity index (χ0n) is 9.61. The van der Waals surface area contributed by atoms with E-state index in [-0.39, 0.29) is 5.91 Å². The molecule has 0 unspecified atom stereocenters. The Labute approximate surface area is 94.5 Å². The maximum atomic E-state index is 11.4. The van der Waals surface area contributed by atoms with E-state index in [9.17, 15) is 9.59 Å². The molecule has 5 nitrogen and oxygen atoms in total. The molecule has 1 aliphatic rings. The number of nitrogens with one attached hydrogen (secondary N) is 2. The molecule has 0 aromatic heterocycles. The number of hydrogen-bond acceptors (Lipinski definition) is 3. The molecule has 0 spiro atoms. The number of hydrogen-bond donors (Lipinski definition) is 2. The van der Waals surface area contributed by atoms with Crippen LogP contribution in [0.25, 0.3) is 0 Å². The van der Waals surface area contributed by atoms with Gasteiger partial charge in [-0.15, -0.1) is 0 Å². The third-order valence-corrected chi connectivity index (χ3v) is 1.69. The minimum absolute atomic E-state index is 0.296. The number of ether oxygens (including phenoxy) is 1. The van der Waals surface area contributed by atoms with E-state index >= 15 is 0 Å². The number of alkyl carbamates (subject to hydrolysis) is 1. The first-order chi connectivity index (χ1) is 7.38. The van der Waals surface area contributed by atoms with Gasteiger partial charge < -0.3 is 15.4 Å². The summed E-state index contributed by atoms with van der Waals surface area (Å²) in [5.41, 5.74) is -0.576. The lowest BCUT2D eigenvalue weighted by Gasteiger charge is -2.21. The van der Waals surface area contributed by atoms with E-state index in [0.717, 1.165) is 0 Å². The number of carbonyl (C=O) groups is 2. The van der Waals surface area contributed by atoms with Crippen LogP contribution >= 0.6 is 0 Å². The van der Waals surface area contributed by atoms with Gasteiger partial charge in [0.25, 0.3) is 5.91 Å². The molecule has 2 amide bonds. The van der Waals surface area contributed by atoms with E-state index in [4.69, 9.17) is 4.74 Å². The Bertz CT molecular complexity index is 340. The highest BCUT2D eigenvalue weighted by Crippen LogP contribution is 2.07. The number of amides is 2. The molecule has 0 saturated heterocycles. The highest BCUT2D eigenvalue weighted by molar-refractivity contribution is 5.88. The Hall–Kier alpha value is -1.78. The van der Waals surface area contributed by atoms with Gasteiger partial charge in [0, 0.05) is 6.20 Å². The summed E-state index contributed by atoms with van der Waals surface area (Å²) in [4.78, 5) is 22.8. The Morgan fingerprint density at radius 1 is 1.44 bits per heavy atom. The van der Waals surface area contributed by atoms with Crippen LogP contribution in [0, 0.1) is 0 Å². The van der Waals surface area contributed by atoms with E-state index in [1.54, 1.807) is 39.0 Å². The van der Waals surface area contributed by atoms with Gasteiger partial charge >= 0.3 is 6.09 Å². The molecule has 0 saturated carbocycles. The standard InChI is InChI=1S/C11H16N2O3/c1-11(2,3)16-10(15)13-8-6-4-5-7-12-9(8)14/h4-8H,1-3H3,(H,12,14)(H,13,15)/t8-/m0/s1. The highest BCUT2D eigenvalue weighted by Gasteiger charge is 2.22. The molecule has 1 rings (SSSR count). The first-order valence-corrected chi connectivity index (χ1v) is 5.02. The van der Waals surface area contributed by atoms with Crippen molar-refractivity contribution >= 4 is 12.0 Å². The molecule has 0 bridgehead atoms. The summed E-state index contributed by atoms with van der Waals surface area (Å²) >= 11 is 0. The minimum Gasteiger partial charge on any atom is -0.444 e. The quantitative estimate of drug-likeness (QED) is 0.700. The van der Waals surface area contributed by atoms with Gasteiger partial charge in [0.15, 0.2) is 0 Å². The van der Waals surface area contributed by atoms with Crippen LogP contribution in [0.1, 0.15) is 20.8 Å². The first kappa shape index (κ1) is 12.3. The monoisotopic (exact) mass is 224 g/mol. The van der Waals surface area contributed by atoms with Crippen molar-refractivity contribution in [2.75, 3.05) is 0 Å². The first-order valence-electron chi connectivity index (χ1n) is 5.02. The van der Waals surface area contributed by atoms with Crippen LogP contribution < -0.4 is 10.6 Å². The van der Waals surface area contributed by atoms with Gasteiger partial charge in [-0.1, -0.05) is 12.2 Å². The van der Waals surface area contributed by atoms with Crippen LogP contribution in [0.15, 0.2) is 24.4 Å². The van der Waals surface area contributed by atoms with Crippen molar-refractivity contribution < 1.29 is 14.3 Å². The van der Waals surface area contributed by atoms with E-state index in [2.05, 4.69) is 10.6 Å². The molecule has 0 aromatic rings. The number of rotatable bonds is 1. The van der Waals surface area contributed by atoms with Crippen LogP contribution in [0.5, 0.6) is 0 Å². The second-order valence-electron chi connectivity index (χ2n) is 4.38. The van der Waals surface area contributed by atoms with Gasteiger partial charge in [0.1, 0.15) is 11.6 Å². The topological polar surface area (TPSA) is 67.4 Å². The predicted molar refractivity (Wildman–Crippen MR) is 59.6 cm³/mol. The fourth-order valence-electron chi connectivity index (χ4n) is 1.09. The summed E-state index contributed by atoms with van der Waals surface area (Å²) < 4.78 is 5.05. The van der Waals surface area contributed by atoms with Crippen LogP contribution in [0.4, 0.5) is 4.79 Å². The van der Waals surface area contributed by atoms with E-state index < -0.39 is 17.7 Å². The summed E-state index contributed by atoms with van der Waals surface area (Å²) in [7, 11) is 0. The molecule has 2 N–H and O–H groups in total. The molecule has 1 atom stereocenters. The van der Waals surface area contributed by atoms with Crippen LogP contribution in [-0.4, -0.2) is 23.6 Å². The zero-order valence-corrected chi connectivity index (χ0v) is 9.61. The summed E-state index contributed by atoms with van der Waals surface area (Å²) in [5, 5.41) is 4.98. The SMILES string of the molecule is CC(C)(C)OC(=O)N[C@H]1C=CC=CNC1=O. The number of allylic oxidation sites excluding steroid dienone is 2. The van der Waals surface area contributed by atoms with E-state index in [0.29, 0.717) is 0 Å². The molecule has 0 radical (unpaired) electrons. The molecule has 0 aliphatic carbocycles. The highest BCUT2D eigenvalue weighted by atomic mass is 16.6. The maximum absolute atomic E-state index is 11.4. The van der Waals surface area contributed by atoms with Crippen LogP contribution in [-0.2, 0) is 9.53 Å². The van der Waals surface area contributed by atoms with E-state index in [1.165, 1.54) is 6.20 Å². The molecule has 1 heterocycles. The summed E-state index contributed by atoms with van der Waals surface area (Å²) in [6.07, 6.45) is 5.84. The minimum atomic E-state index is -0.704. The smallest absolute Gasteiger partial charge is 0.408 e. The molecular weight excluding hydrogens is 208 g/mol. The van der Waals surface area contributed by atoms with Gasteiger partial charge in [0.2, 0.25) is 0 Å². The third-order valence-electron chi connectivity index (χ3n) is 1.69. The third kappa shape index (κ3) is 4.16. The summed E-state index contributed by atoms with van der Waals surface area (Å²) in [6, 6.07) is -0.704. The van der Waals surface area contributed by atoms with Gasteiger partial charge in [-0.3, -0.25) is 4.79 Å². The van der Waals surface area contributed by atoms with Crippen molar-refractivity contribution in [2.24, 2.45) is 0 Å². The van der Waals surface area contributed by atoms with Crippen molar-refractivity contribution in [2.45, 2.75) is 32.4 Å². The Morgan fingerprint density at radius 2 is 2.12 bits per heavy atom. The normalized spacial score (nSPS) is 19.9. The molecule has 0 aromatic carbocycles. The fourth-order valence-corrected chi connectivity index (χ4v) is 1.09. The van der Waals surface area contributed by atoms with Gasteiger partial charge in [-0.25, -0.2) is 4.79 Å². The second-order valence-corrected chi connectivity index (χ2v) is 4.38. The zero-order chi connectivity index (χ0) is 12.2. The lowest BCUT2D eigenvalue weighted by molar-refractivity contribution is -0.121. The number of carbonyl (C=O) groups excluding carboxylic acids is 2. The summed E-state index contributed by atoms with van der Waals surface area (Å²) in [6.45, 7) is 5.28. The average molecular weight is 224 g/mol. The molecular formula is C11H16N2O3. The Kier molecular flexibility index (Phi) is 3.71. The Morgan fingerprint density at radius 3 is 2.75 bits per heavy atom. The van der Waals surface area contributed by atoms with Crippen LogP contribution in [0.3, 0.4) is 0 Å². The Balaban J connectivity index is 2.54. The van der Waals surface area contributed by atoms with Crippen molar-refractivity contribution in [3.8, 4) is 0 Å². The van der Waals surface area contributed by atoms with Gasteiger partial charge in [0.05, 0.1) is 0 Å². The summed E-state index contributed by atoms with van der Waals surface area (Å²) in [5.74, 6) is -0.296.